The Kier molecular flexibility index (Phi) is 3.92. The number of H-pyrrole nitrogens is 1. The van der Waals surface area contributed by atoms with E-state index in [4.69, 9.17) is 10.5 Å². The van der Waals surface area contributed by atoms with Gasteiger partial charge in [-0.1, -0.05) is 35.5 Å². The van der Waals surface area contributed by atoms with Gasteiger partial charge in [-0.3, -0.25) is 0 Å². The fourth-order valence-electron chi connectivity index (χ4n) is 2.67. The molecule has 0 saturated carbocycles. The standard InChI is InChI=1S/C18H13F2N5O/c19-12-5-1-3-10(7-12)13-6-2-4-11(15(13)20)9-26-17-14(21)8-22-18-16(17)23-25-24-18/h1-8H,9,21H2,(H,22,23,24,25). The largest absolute Gasteiger partial charge is 0.484 e. The molecule has 2 aromatic heterocycles. The number of benzene rings is 2. The maximum absolute atomic E-state index is 14.9. The lowest BCUT2D eigenvalue weighted by molar-refractivity contribution is 0.304. The van der Waals surface area contributed by atoms with Gasteiger partial charge in [-0.25, -0.2) is 18.9 Å². The maximum Gasteiger partial charge on any atom is 0.179 e. The van der Waals surface area contributed by atoms with Gasteiger partial charge in [0.25, 0.3) is 0 Å². The first-order valence-electron chi connectivity index (χ1n) is 7.75. The van der Waals surface area contributed by atoms with Crippen molar-refractivity contribution in [2.45, 2.75) is 6.61 Å². The summed E-state index contributed by atoms with van der Waals surface area (Å²) in [6.07, 6.45) is 1.41. The highest BCUT2D eigenvalue weighted by atomic mass is 19.1. The van der Waals surface area contributed by atoms with E-state index < -0.39 is 11.6 Å². The lowest BCUT2D eigenvalue weighted by Crippen LogP contribution is -2.03. The molecule has 0 atom stereocenters. The minimum atomic E-state index is -0.484. The zero-order chi connectivity index (χ0) is 18.1. The summed E-state index contributed by atoms with van der Waals surface area (Å²) in [5.41, 5.74) is 7.99. The van der Waals surface area contributed by atoms with Crippen LogP contribution < -0.4 is 10.5 Å². The molecule has 0 radical (unpaired) electrons. The van der Waals surface area contributed by atoms with Crippen LogP contribution in [0.2, 0.25) is 0 Å². The fourth-order valence-corrected chi connectivity index (χ4v) is 2.67. The molecule has 26 heavy (non-hydrogen) atoms. The third-order valence-electron chi connectivity index (χ3n) is 3.93. The fraction of sp³-hybridized carbons (Fsp3) is 0.0556. The van der Waals surface area contributed by atoms with Gasteiger partial charge in [0, 0.05) is 11.1 Å². The molecule has 0 aliphatic rings. The number of rotatable bonds is 4. The summed E-state index contributed by atoms with van der Waals surface area (Å²) in [5, 5.41) is 10.2. The van der Waals surface area contributed by atoms with Crippen LogP contribution in [-0.2, 0) is 6.61 Å². The average molecular weight is 353 g/mol. The number of nitrogens with two attached hydrogens (primary N) is 1. The van der Waals surface area contributed by atoms with E-state index in [1.54, 1.807) is 24.3 Å². The zero-order valence-corrected chi connectivity index (χ0v) is 13.4. The minimum Gasteiger partial charge on any atom is -0.484 e. The number of pyridine rings is 1. The Labute approximate surface area is 146 Å². The van der Waals surface area contributed by atoms with Gasteiger partial charge in [0.05, 0.1) is 11.9 Å². The van der Waals surface area contributed by atoms with Crippen LogP contribution in [0.5, 0.6) is 5.75 Å². The number of nitrogen functional groups attached to an aromatic ring is 1. The molecule has 0 aliphatic carbocycles. The zero-order valence-electron chi connectivity index (χ0n) is 13.4. The smallest absolute Gasteiger partial charge is 0.179 e. The number of nitrogens with zero attached hydrogens (tertiary/aromatic N) is 3. The number of halogens is 2. The predicted molar refractivity (Wildman–Crippen MR) is 92.2 cm³/mol. The summed E-state index contributed by atoms with van der Waals surface area (Å²) < 4.78 is 34.0. The van der Waals surface area contributed by atoms with E-state index >= 15 is 0 Å². The molecule has 4 aromatic rings. The van der Waals surface area contributed by atoms with Gasteiger partial charge in [0.1, 0.15) is 18.2 Å². The van der Waals surface area contributed by atoms with Gasteiger partial charge < -0.3 is 10.5 Å². The van der Waals surface area contributed by atoms with Crippen molar-refractivity contribution in [2.75, 3.05) is 5.73 Å². The number of hydrogen-bond donors (Lipinski definition) is 2. The highest BCUT2D eigenvalue weighted by Gasteiger charge is 2.15. The van der Waals surface area contributed by atoms with Gasteiger partial charge in [0.15, 0.2) is 16.9 Å². The SMILES string of the molecule is Nc1cnc2[nH]nnc2c1OCc1cccc(-c2cccc(F)c2)c1F. The summed E-state index contributed by atoms with van der Waals surface area (Å²) in [6, 6.07) is 10.6. The molecule has 0 unspecified atom stereocenters. The first-order chi connectivity index (χ1) is 12.6. The van der Waals surface area contributed by atoms with E-state index in [-0.39, 0.29) is 18.0 Å². The van der Waals surface area contributed by atoms with Crippen molar-refractivity contribution in [2.24, 2.45) is 0 Å². The van der Waals surface area contributed by atoms with Crippen LogP contribution in [-0.4, -0.2) is 20.4 Å². The molecular weight excluding hydrogens is 340 g/mol. The number of nitrogens with one attached hydrogen (secondary N) is 1. The molecule has 8 heteroatoms. The normalized spacial score (nSPS) is 11.0. The van der Waals surface area contributed by atoms with Crippen LogP contribution in [0.15, 0.2) is 48.7 Å². The molecule has 0 fully saturated rings. The van der Waals surface area contributed by atoms with Crippen molar-refractivity contribution in [1.29, 1.82) is 0 Å². The number of fused-ring (bicyclic) bond motifs is 1. The Bertz CT molecular complexity index is 1100. The lowest BCUT2D eigenvalue weighted by Gasteiger charge is -2.11. The molecule has 0 amide bonds. The second-order valence-electron chi connectivity index (χ2n) is 5.63. The topological polar surface area (TPSA) is 89.7 Å². The number of hydrogen-bond acceptors (Lipinski definition) is 5. The number of ether oxygens (including phenoxy) is 1. The van der Waals surface area contributed by atoms with Crippen LogP contribution in [0.3, 0.4) is 0 Å². The molecular formula is C18H13F2N5O. The quantitative estimate of drug-likeness (QED) is 0.586. The number of aromatic nitrogens is 4. The van der Waals surface area contributed by atoms with Crippen molar-refractivity contribution < 1.29 is 13.5 Å². The highest BCUT2D eigenvalue weighted by Crippen LogP contribution is 2.30. The highest BCUT2D eigenvalue weighted by molar-refractivity contribution is 5.82. The van der Waals surface area contributed by atoms with Crippen molar-refractivity contribution in [3.63, 3.8) is 0 Å². The van der Waals surface area contributed by atoms with E-state index in [9.17, 15) is 8.78 Å². The molecule has 0 saturated heterocycles. The second kappa shape index (κ2) is 6.40. The summed E-state index contributed by atoms with van der Waals surface area (Å²) in [6.45, 7) is -0.0782. The van der Waals surface area contributed by atoms with E-state index in [2.05, 4.69) is 20.4 Å². The van der Waals surface area contributed by atoms with Crippen molar-refractivity contribution in [3.8, 4) is 16.9 Å². The summed E-state index contributed by atoms with van der Waals surface area (Å²) in [7, 11) is 0. The summed E-state index contributed by atoms with van der Waals surface area (Å²) in [4.78, 5) is 4.04. The monoisotopic (exact) mass is 353 g/mol. The molecule has 6 nitrogen and oxygen atoms in total. The van der Waals surface area contributed by atoms with Crippen molar-refractivity contribution in [3.05, 3.63) is 65.9 Å². The first-order valence-corrected chi connectivity index (χ1v) is 7.75. The van der Waals surface area contributed by atoms with E-state index in [0.717, 1.165) is 0 Å². The predicted octanol–water partition coefficient (Wildman–Crippen LogP) is 3.46. The summed E-state index contributed by atoms with van der Waals surface area (Å²) in [5.74, 6) is -0.636. The van der Waals surface area contributed by atoms with E-state index in [1.165, 1.54) is 24.4 Å². The molecule has 0 bridgehead atoms. The molecule has 3 N–H and O–H groups in total. The Balaban J connectivity index is 1.66. The Morgan fingerprint density at radius 3 is 2.81 bits per heavy atom. The molecule has 2 aromatic carbocycles. The molecule has 4 rings (SSSR count). The molecule has 2 heterocycles. The first kappa shape index (κ1) is 15.9. The summed E-state index contributed by atoms with van der Waals surface area (Å²) >= 11 is 0. The Morgan fingerprint density at radius 1 is 1.12 bits per heavy atom. The van der Waals surface area contributed by atoms with Crippen LogP contribution in [0, 0.1) is 11.6 Å². The van der Waals surface area contributed by atoms with Crippen LogP contribution in [0.25, 0.3) is 22.3 Å². The van der Waals surface area contributed by atoms with E-state index in [0.29, 0.717) is 27.9 Å². The number of aromatic amines is 1. The van der Waals surface area contributed by atoms with Gasteiger partial charge >= 0.3 is 0 Å². The van der Waals surface area contributed by atoms with Gasteiger partial charge in [-0.05, 0) is 17.7 Å². The van der Waals surface area contributed by atoms with Crippen molar-refractivity contribution >= 4 is 16.9 Å². The Hall–Kier alpha value is -3.55. The molecule has 0 spiro atoms. The molecule has 0 aliphatic heterocycles. The second-order valence-corrected chi connectivity index (χ2v) is 5.63. The Morgan fingerprint density at radius 2 is 1.96 bits per heavy atom. The minimum absolute atomic E-state index is 0.0782. The van der Waals surface area contributed by atoms with E-state index in [1.807, 2.05) is 0 Å². The third kappa shape index (κ3) is 2.81. The van der Waals surface area contributed by atoms with Gasteiger partial charge in [-0.2, -0.15) is 0 Å². The van der Waals surface area contributed by atoms with Gasteiger partial charge in [-0.15, -0.1) is 5.10 Å². The number of anilines is 1. The van der Waals surface area contributed by atoms with Crippen molar-refractivity contribution in [1.82, 2.24) is 20.4 Å². The molecule has 130 valence electrons. The van der Waals surface area contributed by atoms with Crippen LogP contribution in [0.1, 0.15) is 5.56 Å². The lowest BCUT2D eigenvalue weighted by atomic mass is 10.0. The van der Waals surface area contributed by atoms with Crippen LogP contribution in [0.4, 0.5) is 14.5 Å². The van der Waals surface area contributed by atoms with Crippen LogP contribution >= 0.6 is 0 Å². The third-order valence-corrected chi connectivity index (χ3v) is 3.93. The maximum atomic E-state index is 14.9. The van der Waals surface area contributed by atoms with Gasteiger partial charge in [0.2, 0.25) is 0 Å². The average Bonchev–Trinajstić information content (AvgIpc) is 3.11.